The quantitative estimate of drug-likeness (QED) is 0.592. The van der Waals surface area contributed by atoms with Crippen molar-refractivity contribution < 1.29 is 18.3 Å². The summed E-state index contributed by atoms with van der Waals surface area (Å²) in [5.74, 6) is 1.15. The molecule has 0 aliphatic heterocycles. The predicted molar refractivity (Wildman–Crippen MR) is 55.2 cm³/mol. The van der Waals surface area contributed by atoms with Crippen molar-refractivity contribution in [1.82, 2.24) is 9.03 Å². The van der Waals surface area contributed by atoms with Crippen LogP contribution in [0.3, 0.4) is 0 Å². The van der Waals surface area contributed by atoms with Gasteiger partial charge >= 0.3 is 5.97 Å². The van der Waals surface area contributed by atoms with Crippen molar-refractivity contribution in [3.63, 3.8) is 0 Å². The summed E-state index contributed by atoms with van der Waals surface area (Å²) < 4.78 is 26.0. The lowest BCUT2D eigenvalue weighted by molar-refractivity contribution is -0.137. The molecule has 1 atom stereocenters. The second-order valence-corrected chi connectivity index (χ2v) is 4.79. The molecule has 0 heterocycles. The fourth-order valence-corrected chi connectivity index (χ4v) is 1.75. The Kier molecular flexibility index (Phi) is 5.28. The van der Waals surface area contributed by atoms with Gasteiger partial charge in [0.15, 0.2) is 0 Å². The number of aliphatic carboxylic acids is 1. The Labute approximate surface area is 89.5 Å². The van der Waals surface area contributed by atoms with Gasteiger partial charge in [0.25, 0.3) is 10.2 Å². The molecule has 6 nitrogen and oxygen atoms in total. The van der Waals surface area contributed by atoms with E-state index in [1.54, 1.807) is 0 Å². The lowest BCUT2D eigenvalue weighted by atomic mass is 10.4. The van der Waals surface area contributed by atoms with Crippen molar-refractivity contribution in [1.29, 1.82) is 0 Å². The van der Waals surface area contributed by atoms with E-state index in [-0.39, 0.29) is 13.0 Å². The maximum atomic E-state index is 11.4. The molecule has 1 unspecified atom stereocenters. The lowest BCUT2D eigenvalue weighted by Gasteiger charge is -2.17. The van der Waals surface area contributed by atoms with Crippen LogP contribution in [-0.4, -0.2) is 43.4 Å². The van der Waals surface area contributed by atoms with E-state index in [9.17, 15) is 13.2 Å². The number of carboxylic acids is 1. The number of rotatable bonds is 6. The maximum absolute atomic E-state index is 11.4. The number of hydrogen-bond acceptors (Lipinski definition) is 3. The summed E-state index contributed by atoms with van der Waals surface area (Å²) in [6, 6.07) is -0.623. The standard InChI is InChI=1S/C8H14N2O4S/c1-4-7(2)9-15(13,14)10(3)6-5-8(11)12/h1,7,9H,5-6H2,2-3H3,(H,11,12). The van der Waals surface area contributed by atoms with Crippen LogP contribution < -0.4 is 4.72 Å². The molecule has 0 aliphatic carbocycles. The average molecular weight is 234 g/mol. The minimum absolute atomic E-state index is 0.0953. The molecule has 0 aliphatic rings. The summed E-state index contributed by atoms with van der Waals surface area (Å²) in [5, 5.41) is 8.38. The first kappa shape index (κ1) is 13.9. The highest BCUT2D eigenvalue weighted by Crippen LogP contribution is 1.97. The molecule has 0 aromatic carbocycles. The summed E-state index contributed by atoms with van der Waals surface area (Å²) in [4.78, 5) is 10.2. The van der Waals surface area contributed by atoms with Gasteiger partial charge in [0.2, 0.25) is 0 Å². The third-order valence-electron chi connectivity index (χ3n) is 1.63. The number of hydrogen-bond donors (Lipinski definition) is 2. The van der Waals surface area contributed by atoms with Crippen LogP contribution in [0.1, 0.15) is 13.3 Å². The van der Waals surface area contributed by atoms with E-state index in [4.69, 9.17) is 11.5 Å². The molecule has 0 aromatic rings. The Balaban J connectivity index is 4.34. The number of nitrogens with zero attached hydrogens (tertiary/aromatic N) is 1. The summed E-state index contributed by atoms with van der Waals surface area (Å²) in [5.41, 5.74) is 0. The molecular formula is C8H14N2O4S. The normalized spacial score (nSPS) is 13.5. The zero-order valence-electron chi connectivity index (χ0n) is 8.60. The van der Waals surface area contributed by atoms with E-state index in [0.717, 1.165) is 4.31 Å². The molecule has 0 amide bonds. The van der Waals surface area contributed by atoms with Gasteiger partial charge in [-0.3, -0.25) is 4.79 Å². The van der Waals surface area contributed by atoms with Crippen LogP contribution in [0.25, 0.3) is 0 Å². The van der Waals surface area contributed by atoms with Crippen LogP contribution in [-0.2, 0) is 15.0 Å². The van der Waals surface area contributed by atoms with Gasteiger partial charge in [-0.05, 0) is 6.92 Å². The molecule has 0 saturated carbocycles. The van der Waals surface area contributed by atoms with Crippen LogP contribution in [0.5, 0.6) is 0 Å². The first-order chi connectivity index (χ1) is 6.79. The highest BCUT2D eigenvalue weighted by atomic mass is 32.2. The van der Waals surface area contributed by atoms with Gasteiger partial charge in [0.1, 0.15) is 0 Å². The smallest absolute Gasteiger partial charge is 0.304 e. The topological polar surface area (TPSA) is 86.7 Å². The van der Waals surface area contributed by atoms with Gasteiger partial charge in [-0.15, -0.1) is 6.42 Å². The third kappa shape index (κ3) is 5.37. The molecule has 15 heavy (non-hydrogen) atoms. The van der Waals surface area contributed by atoms with Crippen molar-refractivity contribution in [2.45, 2.75) is 19.4 Å². The summed E-state index contributed by atoms with van der Waals surface area (Å²) >= 11 is 0. The molecule has 0 spiro atoms. The molecule has 0 fully saturated rings. The molecule has 0 bridgehead atoms. The first-order valence-corrected chi connectivity index (χ1v) is 5.65. The van der Waals surface area contributed by atoms with E-state index >= 15 is 0 Å². The highest BCUT2D eigenvalue weighted by molar-refractivity contribution is 7.87. The van der Waals surface area contributed by atoms with Gasteiger partial charge in [0, 0.05) is 13.6 Å². The number of carbonyl (C=O) groups is 1. The van der Waals surface area contributed by atoms with Crippen LogP contribution in [0.2, 0.25) is 0 Å². The molecule has 2 N–H and O–H groups in total. The maximum Gasteiger partial charge on any atom is 0.304 e. The molecule has 0 radical (unpaired) electrons. The third-order valence-corrected chi connectivity index (χ3v) is 3.28. The second-order valence-electron chi connectivity index (χ2n) is 2.98. The van der Waals surface area contributed by atoms with E-state index < -0.39 is 22.2 Å². The zero-order valence-corrected chi connectivity index (χ0v) is 9.41. The van der Waals surface area contributed by atoms with Gasteiger partial charge < -0.3 is 5.11 Å². The Bertz CT molecular complexity index is 357. The predicted octanol–water partition coefficient (Wildman–Crippen LogP) is -0.751. The average Bonchev–Trinajstić information content (AvgIpc) is 2.13. The van der Waals surface area contributed by atoms with E-state index in [2.05, 4.69) is 10.6 Å². The van der Waals surface area contributed by atoms with Gasteiger partial charge in [-0.25, -0.2) is 0 Å². The number of carboxylic acid groups (broad SMARTS) is 1. The number of terminal acetylenes is 1. The second kappa shape index (κ2) is 5.70. The van der Waals surface area contributed by atoms with Crippen molar-refractivity contribution in [2.24, 2.45) is 0 Å². The Morgan fingerprint density at radius 2 is 2.20 bits per heavy atom. The Morgan fingerprint density at radius 1 is 1.67 bits per heavy atom. The SMILES string of the molecule is C#CC(C)NS(=O)(=O)N(C)CCC(=O)O. The zero-order chi connectivity index (χ0) is 12.1. The van der Waals surface area contributed by atoms with Crippen molar-refractivity contribution in [2.75, 3.05) is 13.6 Å². The number of nitrogens with one attached hydrogen (secondary N) is 1. The minimum atomic E-state index is -3.69. The van der Waals surface area contributed by atoms with E-state index in [1.165, 1.54) is 14.0 Å². The van der Waals surface area contributed by atoms with E-state index in [1.807, 2.05) is 0 Å². The fourth-order valence-electron chi connectivity index (χ4n) is 0.721. The molecule has 0 saturated heterocycles. The summed E-state index contributed by atoms with van der Waals surface area (Å²) in [6.07, 6.45) is 4.76. The molecule has 0 rings (SSSR count). The highest BCUT2D eigenvalue weighted by Gasteiger charge is 2.19. The van der Waals surface area contributed by atoms with Crippen molar-refractivity contribution in [3.8, 4) is 12.3 Å². The van der Waals surface area contributed by atoms with Gasteiger partial charge in [-0.1, -0.05) is 5.92 Å². The fraction of sp³-hybridized carbons (Fsp3) is 0.625. The van der Waals surface area contributed by atoms with Gasteiger partial charge in [-0.2, -0.15) is 17.4 Å². The molecular weight excluding hydrogens is 220 g/mol. The molecule has 86 valence electrons. The molecule has 0 aromatic heterocycles. The Hall–Kier alpha value is -1.10. The van der Waals surface area contributed by atoms with E-state index in [0.29, 0.717) is 0 Å². The lowest BCUT2D eigenvalue weighted by Crippen LogP contribution is -2.42. The van der Waals surface area contributed by atoms with Crippen molar-refractivity contribution in [3.05, 3.63) is 0 Å². The molecule has 7 heteroatoms. The first-order valence-electron chi connectivity index (χ1n) is 4.21. The van der Waals surface area contributed by atoms with Gasteiger partial charge in [0.05, 0.1) is 12.5 Å². The Morgan fingerprint density at radius 3 is 2.60 bits per heavy atom. The largest absolute Gasteiger partial charge is 0.481 e. The monoisotopic (exact) mass is 234 g/mol. The van der Waals surface area contributed by atoms with Crippen LogP contribution in [0, 0.1) is 12.3 Å². The minimum Gasteiger partial charge on any atom is -0.481 e. The van der Waals surface area contributed by atoms with Crippen molar-refractivity contribution >= 4 is 16.2 Å². The summed E-state index contributed by atoms with van der Waals surface area (Å²) in [6.45, 7) is 1.42. The van der Waals surface area contributed by atoms with Crippen LogP contribution >= 0.6 is 0 Å². The van der Waals surface area contributed by atoms with Crippen LogP contribution in [0.15, 0.2) is 0 Å². The van der Waals surface area contributed by atoms with Crippen LogP contribution in [0.4, 0.5) is 0 Å². The summed E-state index contributed by atoms with van der Waals surface area (Å²) in [7, 11) is -2.40.